The first kappa shape index (κ1) is 15.3. The average molecular weight is 286 g/mol. The Morgan fingerprint density at radius 3 is 2.48 bits per heavy atom. The summed E-state index contributed by atoms with van der Waals surface area (Å²) in [6.45, 7) is 6.10. The fraction of sp³-hybridized carbons (Fsp3) is 0.375. The van der Waals surface area contributed by atoms with Crippen molar-refractivity contribution in [2.24, 2.45) is 5.73 Å². The fourth-order valence-corrected chi connectivity index (χ4v) is 2.28. The average Bonchev–Trinajstić information content (AvgIpc) is 2.90. The van der Waals surface area contributed by atoms with E-state index in [9.17, 15) is 4.79 Å². The van der Waals surface area contributed by atoms with Gasteiger partial charge in [-0.1, -0.05) is 30.3 Å². The Bertz CT molecular complexity index is 593. The summed E-state index contributed by atoms with van der Waals surface area (Å²) in [6, 6.07) is 9.18. The molecule has 0 radical (unpaired) electrons. The number of primary amides is 1. The number of aromatic nitrogens is 2. The van der Waals surface area contributed by atoms with E-state index >= 15 is 0 Å². The summed E-state index contributed by atoms with van der Waals surface area (Å²) in [5.74, 6) is -0.378. The minimum Gasteiger partial charge on any atom is -0.368 e. The summed E-state index contributed by atoms with van der Waals surface area (Å²) in [5, 5.41) is 7.63. The number of amides is 1. The standard InChI is InChI=1S/C16H22N4O/c1-11-9-18-20(10-11)13(3)12(2)19-15(16(17)21)14-7-5-4-6-8-14/h4-10,12-13,15,19H,1-3H3,(H2,17,21)/t12-,13-,15-/m1/s1. The number of carbonyl (C=O) groups excluding carboxylic acids is 1. The summed E-state index contributed by atoms with van der Waals surface area (Å²) >= 11 is 0. The van der Waals surface area contributed by atoms with E-state index in [4.69, 9.17) is 5.73 Å². The van der Waals surface area contributed by atoms with Crippen LogP contribution in [0.5, 0.6) is 0 Å². The van der Waals surface area contributed by atoms with Crippen LogP contribution in [-0.2, 0) is 4.79 Å². The highest BCUT2D eigenvalue weighted by molar-refractivity contribution is 5.81. The van der Waals surface area contributed by atoms with Crippen LogP contribution in [0.3, 0.4) is 0 Å². The van der Waals surface area contributed by atoms with E-state index in [-0.39, 0.29) is 18.0 Å². The van der Waals surface area contributed by atoms with Gasteiger partial charge in [0.1, 0.15) is 6.04 Å². The van der Waals surface area contributed by atoms with E-state index in [0.29, 0.717) is 0 Å². The number of rotatable bonds is 6. The van der Waals surface area contributed by atoms with Crippen molar-refractivity contribution in [3.63, 3.8) is 0 Å². The van der Waals surface area contributed by atoms with Gasteiger partial charge in [0.15, 0.2) is 0 Å². The maximum atomic E-state index is 11.7. The minimum atomic E-state index is -0.500. The SMILES string of the molecule is Cc1cnn([C@H](C)[C@@H](C)N[C@@H](C(N)=O)c2ccccc2)c1. The lowest BCUT2D eigenvalue weighted by Crippen LogP contribution is -2.42. The topological polar surface area (TPSA) is 72.9 Å². The summed E-state index contributed by atoms with van der Waals surface area (Å²) in [5.41, 5.74) is 7.53. The number of aryl methyl sites for hydroxylation is 1. The molecular formula is C16H22N4O. The van der Waals surface area contributed by atoms with Crippen molar-refractivity contribution >= 4 is 5.91 Å². The number of nitrogens with zero attached hydrogens (tertiary/aromatic N) is 2. The summed E-state index contributed by atoms with van der Waals surface area (Å²) in [7, 11) is 0. The summed E-state index contributed by atoms with van der Waals surface area (Å²) in [4.78, 5) is 11.7. The number of carbonyl (C=O) groups is 1. The lowest BCUT2D eigenvalue weighted by Gasteiger charge is -2.26. The van der Waals surface area contributed by atoms with Gasteiger partial charge in [-0.3, -0.25) is 14.8 Å². The van der Waals surface area contributed by atoms with Crippen LogP contribution in [0.1, 0.15) is 37.1 Å². The van der Waals surface area contributed by atoms with Crippen molar-refractivity contribution in [2.75, 3.05) is 0 Å². The molecule has 5 heteroatoms. The number of nitrogens with one attached hydrogen (secondary N) is 1. The highest BCUT2D eigenvalue weighted by atomic mass is 16.1. The second kappa shape index (κ2) is 6.54. The first-order chi connectivity index (χ1) is 9.99. The molecule has 2 rings (SSSR count). The van der Waals surface area contributed by atoms with Crippen LogP contribution in [0.2, 0.25) is 0 Å². The second-order valence-electron chi connectivity index (χ2n) is 5.44. The molecule has 0 aliphatic carbocycles. The van der Waals surface area contributed by atoms with Gasteiger partial charge >= 0.3 is 0 Å². The maximum Gasteiger partial charge on any atom is 0.239 e. The molecule has 1 aromatic heterocycles. The van der Waals surface area contributed by atoms with E-state index in [1.165, 1.54) is 0 Å². The molecule has 3 atom stereocenters. The molecule has 0 saturated carbocycles. The molecule has 0 fully saturated rings. The summed E-state index contributed by atoms with van der Waals surface area (Å²) in [6.07, 6.45) is 3.82. The largest absolute Gasteiger partial charge is 0.368 e. The van der Waals surface area contributed by atoms with Crippen LogP contribution in [0.4, 0.5) is 0 Å². The van der Waals surface area contributed by atoms with Crippen LogP contribution < -0.4 is 11.1 Å². The van der Waals surface area contributed by atoms with Crippen molar-refractivity contribution in [1.82, 2.24) is 15.1 Å². The Morgan fingerprint density at radius 2 is 1.95 bits per heavy atom. The molecule has 0 aliphatic rings. The molecule has 2 aromatic rings. The lowest BCUT2D eigenvalue weighted by molar-refractivity contribution is -0.120. The van der Waals surface area contributed by atoms with Gasteiger partial charge in [-0.05, 0) is 31.9 Å². The first-order valence-electron chi connectivity index (χ1n) is 7.10. The van der Waals surface area contributed by atoms with E-state index < -0.39 is 6.04 Å². The van der Waals surface area contributed by atoms with Crippen molar-refractivity contribution in [2.45, 2.75) is 38.9 Å². The van der Waals surface area contributed by atoms with Crippen LogP contribution in [-0.4, -0.2) is 21.7 Å². The number of hydrogen-bond acceptors (Lipinski definition) is 3. The third-order valence-electron chi connectivity index (χ3n) is 3.72. The molecule has 0 bridgehead atoms. The van der Waals surface area contributed by atoms with Crippen molar-refractivity contribution < 1.29 is 4.79 Å². The normalized spacial score (nSPS) is 15.4. The van der Waals surface area contributed by atoms with Crippen LogP contribution in [0, 0.1) is 6.92 Å². The van der Waals surface area contributed by atoms with Gasteiger partial charge in [0, 0.05) is 12.2 Å². The fourth-order valence-electron chi connectivity index (χ4n) is 2.28. The minimum absolute atomic E-state index is 0.0435. The first-order valence-corrected chi connectivity index (χ1v) is 7.10. The van der Waals surface area contributed by atoms with E-state index in [0.717, 1.165) is 11.1 Å². The third kappa shape index (κ3) is 3.70. The Kier molecular flexibility index (Phi) is 4.75. The Balaban J connectivity index is 2.12. The molecular weight excluding hydrogens is 264 g/mol. The second-order valence-corrected chi connectivity index (χ2v) is 5.44. The van der Waals surface area contributed by atoms with Gasteiger partial charge in [0.05, 0.1) is 12.2 Å². The Hall–Kier alpha value is -2.14. The van der Waals surface area contributed by atoms with Gasteiger partial charge in [0.25, 0.3) is 0 Å². The molecule has 5 nitrogen and oxygen atoms in total. The number of hydrogen-bond donors (Lipinski definition) is 2. The quantitative estimate of drug-likeness (QED) is 0.852. The third-order valence-corrected chi connectivity index (χ3v) is 3.72. The predicted molar refractivity (Wildman–Crippen MR) is 82.7 cm³/mol. The molecule has 0 spiro atoms. The smallest absolute Gasteiger partial charge is 0.239 e. The Morgan fingerprint density at radius 1 is 1.29 bits per heavy atom. The highest BCUT2D eigenvalue weighted by Gasteiger charge is 2.23. The van der Waals surface area contributed by atoms with E-state index in [2.05, 4.69) is 17.3 Å². The number of benzene rings is 1. The molecule has 21 heavy (non-hydrogen) atoms. The Labute approximate surface area is 125 Å². The molecule has 3 N–H and O–H groups in total. The van der Waals surface area contributed by atoms with Crippen LogP contribution >= 0.6 is 0 Å². The summed E-state index contributed by atoms with van der Waals surface area (Å²) < 4.78 is 1.90. The van der Waals surface area contributed by atoms with Crippen molar-refractivity contribution in [3.05, 3.63) is 53.9 Å². The zero-order chi connectivity index (χ0) is 15.4. The molecule has 0 unspecified atom stereocenters. The molecule has 0 saturated heterocycles. The van der Waals surface area contributed by atoms with E-state index in [1.54, 1.807) is 0 Å². The molecule has 1 aromatic carbocycles. The van der Waals surface area contributed by atoms with E-state index in [1.807, 2.05) is 61.3 Å². The van der Waals surface area contributed by atoms with Crippen LogP contribution in [0.15, 0.2) is 42.7 Å². The number of nitrogens with two attached hydrogens (primary N) is 1. The lowest BCUT2D eigenvalue weighted by atomic mass is 10.0. The zero-order valence-corrected chi connectivity index (χ0v) is 12.7. The highest BCUT2D eigenvalue weighted by Crippen LogP contribution is 2.17. The van der Waals surface area contributed by atoms with Gasteiger partial charge < -0.3 is 5.73 Å². The van der Waals surface area contributed by atoms with Crippen molar-refractivity contribution in [3.8, 4) is 0 Å². The maximum absolute atomic E-state index is 11.7. The van der Waals surface area contributed by atoms with Gasteiger partial charge in [-0.25, -0.2) is 0 Å². The molecule has 1 heterocycles. The molecule has 1 amide bonds. The zero-order valence-electron chi connectivity index (χ0n) is 12.7. The van der Waals surface area contributed by atoms with Gasteiger partial charge in [0.2, 0.25) is 5.91 Å². The van der Waals surface area contributed by atoms with Gasteiger partial charge in [-0.15, -0.1) is 0 Å². The molecule has 0 aliphatic heterocycles. The van der Waals surface area contributed by atoms with Gasteiger partial charge in [-0.2, -0.15) is 5.10 Å². The van der Waals surface area contributed by atoms with Crippen molar-refractivity contribution in [1.29, 1.82) is 0 Å². The monoisotopic (exact) mass is 286 g/mol. The molecule has 112 valence electrons. The van der Waals surface area contributed by atoms with Crippen LogP contribution in [0.25, 0.3) is 0 Å². The predicted octanol–water partition coefficient (Wildman–Crippen LogP) is 1.96.